The van der Waals surface area contributed by atoms with Gasteiger partial charge in [0.2, 0.25) is 0 Å². The van der Waals surface area contributed by atoms with Gasteiger partial charge in [-0.3, -0.25) is 4.79 Å². The Balaban J connectivity index is 1.95. The first-order valence-electron chi connectivity index (χ1n) is 4.90. The number of nitrogens with zero attached hydrogens (tertiary/aromatic N) is 1. The number of nitrogens with one attached hydrogen (secondary N) is 1. The van der Waals surface area contributed by atoms with Gasteiger partial charge in [-0.2, -0.15) is 0 Å². The molecular formula is C10H14N2O2. The fourth-order valence-electron chi connectivity index (χ4n) is 1.77. The van der Waals surface area contributed by atoms with Crippen LogP contribution in [0, 0.1) is 5.92 Å². The first kappa shape index (κ1) is 9.40. The zero-order chi connectivity index (χ0) is 9.97. The molecule has 76 valence electrons. The van der Waals surface area contributed by atoms with Crippen LogP contribution in [0.1, 0.15) is 19.2 Å². The lowest BCUT2D eigenvalue weighted by Gasteiger charge is -2.11. The van der Waals surface area contributed by atoms with E-state index < -0.39 is 0 Å². The van der Waals surface area contributed by atoms with E-state index >= 15 is 0 Å². The van der Waals surface area contributed by atoms with Crippen molar-refractivity contribution in [1.29, 1.82) is 0 Å². The van der Waals surface area contributed by atoms with Gasteiger partial charge in [0.15, 0.2) is 5.78 Å². The lowest BCUT2D eigenvalue weighted by atomic mass is 9.99. The number of carbonyl (C=O) groups is 1. The summed E-state index contributed by atoms with van der Waals surface area (Å²) in [5.74, 6) is 1.19. The number of ether oxygens (including phenoxy) is 1. The molecule has 4 heteroatoms. The Morgan fingerprint density at radius 3 is 3.21 bits per heavy atom. The first-order chi connectivity index (χ1) is 6.77. The summed E-state index contributed by atoms with van der Waals surface area (Å²) in [4.78, 5) is 18.7. The predicted octanol–water partition coefficient (Wildman–Crippen LogP) is 0.946. The van der Waals surface area contributed by atoms with E-state index in [4.69, 9.17) is 4.74 Å². The molecule has 0 aliphatic carbocycles. The molecular weight excluding hydrogens is 180 g/mol. The smallest absolute Gasteiger partial charge is 0.169 e. The molecule has 1 aromatic heterocycles. The molecule has 0 bridgehead atoms. The van der Waals surface area contributed by atoms with Gasteiger partial charge in [0, 0.05) is 19.0 Å². The van der Waals surface area contributed by atoms with Crippen LogP contribution >= 0.6 is 0 Å². The third-order valence-electron chi connectivity index (χ3n) is 2.60. The van der Waals surface area contributed by atoms with E-state index in [2.05, 4.69) is 16.9 Å². The van der Waals surface area contributed by atoms with E-state index in [0.717, 1.165) is 12.2 Å². The number of hydrogen-bond acceptors (Lipinski definition) is 3. The number of aromatic nitrogens is 2. The lowest BCUT2D eigenvalue weighted by molar-refractivity contribution is -0.128. The van der Waals surface area contributed by atoms with Crippen molar-refractivity contribution in [1.82, 2.24) is 9.97 Å². The number of carbonyl (C=O) groups excluding carboxylic acids is 1. The van der Waals surface area contributed by atoms with Crippen LogP contribution in [-0.2, 0) is 16.0 Å². The van der Waals surface area contributed by atoms with Gasteiger partial charge >= 0.3 is 0 Å². The molecule has 1 aliphatic heterocycles. The van der Waals surface area contributed by atoms with Crippen LogP contribution in [0.5, 0.6) is 0 Å². The number of imidazole rings is 1. The van der Waals surface area contributed by atoms with E-state index in [1.807, 2.05) is 0 Å². The van der Waals surface area contributed by atoms with Gasteiger partial charge < -0.3 is 9.72 Å². The van der Waals surface area contributed by atoms with Gasteiger partial charge in [-0.05, 0) is 12.3 Å². The quantitative estimate of drug-likeness (QED) is 0.779. The number of aromatic amines is 1. The summed E-state index contributed by atoms with van der Waals surface area (Å²) in [6.07, 6.45) is 4.49. The Labute approximate surface area is 82.7 Å². The molecule has 1 aliphatic rings. The summed E-state index contributed by atoms with van der Waals surface area (Å²) in [5.41, 5.74) is 0. The SMILES string of the molecule is CC1CCOC1C(=O)Cc1ncc[nH]1. The van der Waals surface area contributed by atoms with Crippen molar-refractivity contribution >= 4 is 5.78 Å². The monoisotopic (exact) mass is 194 g/mol. The molecule has 0 radical (unpaired) electrons. The van der Waals surface area contributed by atoms with Crippen molar-refractivity contribution in [2.75, 3.05) is 6.61 Å². The number of rotatable bonds is 3. The molecule has 1 saturated heterocycles. The second kappa shape index (κ2) is 3.92. The molecule has 0 amide bonds. The summed E-state index contributed by atoms with van der Waals surface area (Å²) >= 11 is 0. The second-order valence-electron chi connectivity index (χ2n) is 3.74. The van der Waals surface area contributed by atoms with Crippen LogP contribution in [-0.4, -0.2) is 28.5 Å². The van der Waals surface area contributed by atoms with Crippen LogP contribution in [0.4, 0.5) is 0 Å². The van der Waals surface area contributed by atoms with Crippen molar-refractivity contribution in [3.63, 3.8) is 0 Å². The molecule has 14 heavy (non-hydrogen) atoms. The highest BCUT2D eigenvalue weighted by molar-refractivity contribution is 5.85. The number of hydrogen-bond donors (Lipinski definition) is 1. The molecule has 2 heterocycles. The van der Waals surface area contributed by atoms with E-state index in [0.29, 0.717) is 18.9 Å². The minimum atomic E-state index is -0.222. The Morgan fingerprint density at radius 2 is 2.64 bits per heavy atom. The number of H-pyrrole nitrogens is 1. The van der Waals surface area contributed by atoms with Gasteiger partial charge in [-0.15, -0.1) is 0 Å². The molecule has 0 aromatic carbocycles. The van der Waals surface area contributed by atoms with E-state index in [9.17, 15) is 4.79 Å². The van der Waals surface area contributed by atoms with Crippen LogP contribution in [0.2, 0.25) is 0 Å². The van der Waals surface area contributed by atoms with E-state index in [-0.39, 0.29) is 11.9 Å². The van der Waals surface area contributed by atoms with Gasteiger partial charge in [-0.1, -0.05) is 6.92 Å². The Hall–Kier alpha value is -1.16. The zero-order valence-electron chi connectivity index (χ0n) is 8.19. The Bertz CT molecular complexity index is 308. The summed E-state index contributed by atoms with van der Waals surface area (Å²) in [5, 5.41) is 0. The van der Waals surface area contributed by atoms with Gasteiger partial charge in [0.1, 0.15) is 11.9 Å². The highest BCUT2D eigenvalue weighted by Crippen LogP contribution is 2.21. The van der Waals surface area contributed by atoms with Gasteiger partial charge in [-0.25, -0.2) is 4.98 Å². The zero-order valence-corrected chi connectivity index (χ0v) is 8.19. The number of Topliss-reactive ketones (excluding diaryl/α,β-unsaturated/α-hetero) is 1. The van der Waals surface area contributed by atoms with Crippen LogP contribution in [0.25, 0.3) is 0 Å². The van der Waals surface area contributed by atoms with Crippen molar-refractivity contribution < 1.29 is 9.53 Å². The maximum atomic E-state index is 11.7. The summed E-state index contributed by atoms with van der Waals surface area (Å²) < 4.78 is 5.38. The number of ketones is 1. The standard InChI is InChI=1S/C10H14N2O2/c1-7-2-5-14-10(7)8(13)6-9-11-3-4-12-9/h3-4,7,10H,2,5-6H2,1H3,(H,11,12). The lowest BCUT2D eigenvalue weighted by Crippen LogP contribution is -2.27. The average molecular weight is 194 g/mol. The molecule has 2 rings (SSSR count). The summed E-state index contributed by atoms with van der Waals surface area (Å²) in [7, 11) is 0. The predicted molar refractivity (Wildman–Crippen MR) is 50.8 cm³/mol. The Kier molecular flexibility index (Phi) is 2.63. The average Bonchev–Trinajstić information content (AvgIpc) is 2.75. The van der Waals surface area contributed by atoms with E-state index in [1.54, 1.807) is 12.4 Å². The molecule has 0 saturated carbocycles. The minimum Gasteiger partial charge on any atom is -0.370 e. The Morgan fingerprint density at radius 1 is 1.79 bits per heavy atom. The van der Waals surface area contributed by atoms with Crippen LogP contribution in [0.3, 0.4) is 0 Å². The molecule has 2 atom stereocenters. The maximum Gasteiger partial charge on any atom is 0.169 e. The molecule has 4 nitrogen and oxygen atoms in total. The normalized spacial score (nSPS) is 26.6. The molecule has 0 spiro atoms. The summed E-state index contributed by atoms with van der Waals surface area (Å²) in [6.45, 7) is 2.76. The van der Waals surface area contributed by atoms with E-state index in [1.165, 1.54) is 0 Å². The summed E-state index contributed by atoms with van der Waals surface area (Å²) in [6, 6.07) is 0. The van der Waals surface area contributed by atoms with Crippen molar-refractivity contribution in [2.24, 2.45) is 5.92 Å². The fraction of sp³-hybridized carbons (Fsp3) is 0.600. The molecule has 2 unspecified atom stereocenters. The molecule has 1 N–H and O–H groups in total. The van der Waals surface area contributed by atoms with Crippen LogP contribution in [0.15, 0.2) is 12.4 Å². The topological polar surface area (TPSA) is 55.0 Å². The largest absolute Gasteiger partial charge is 0.370 e. The highest BCUT2D eigenvalue weighted by atomic mass is 16.5. The maximum absolute atomic E-state index is 11.7. The second-order valence-corrected chi connectivity index (χ2v) is 3.74. The van der Waals surface area contributed by atoms with Crippen molar-refractivity contribution in [3.8, 4) is 0 Å². The highest BCUT2D eigenvalue weighted by Gasteiger charge is 2.30. The van der Waals surface area contributed by atoms with Crippen molar-refractivity contribution in [3.05, 3.63) is 18.2 Å². The first-order valence-corrected chi connectivity index (χ1v) is 4.90. The third kappa shape index (κ3) is 1.85. The third-order valence-corrected chi connectivity index (χ3v) is 2.60. The molecule has 1 aromatic rings. The minimum absolute atomic E-state index is 0.130. The van der Waals surface area contributed by atoms with Crippen LogP contribution < -0.4 is 0 Å². The fourth-order valence-corrected chi connectivity index (χ4v) is 1.77. The van der Waals surface area contributed by atoms with Gasteiger partial charge in [0.25, 0.3) is 0 Å². The van der Waals surface area contributed by atoms with Crippen molar-refractivity contribution in [2.45, 2.75) is 25.9 Å². The molecule has 1 fully saturated rings. The van der Waals surface area contributed by atoms with Gasteiger partial charge in [0.05, 0.1) is 6.42 Å².